The van der Waals surface area contributed by atoms with Gasteiger partial charge in [-0.1, -0.05) is 30.3 Å². The molecule has 2 fully saturated rings. The molecule has 0 radical (unpaired) electrons. The van der Waals surface area contributed by atoms with Gasteiger partial charge in [-0.3, -0.25) is 9.69 Å². The monoisotopic (exact) mass is 403 g/mol. The van der Waals surface area contributed by atoms with Crippen molar-refractivity contribution in [1.82, 2.24) is 14.7 Å². The van der Waals surface area contributed by atoms with Gasteiger partial charge in [0.25, 0.3) is 0 Å². The van der Waals surface area contributed by atoms with Crippen LogP contribution < -0.4 is 0 Å². The molecule has 2 heterocycles. The van der Waals surface area contributed by atoms with Crippen LogP contribution in [0.15, 0.2) is 30.3 Å². The van der Waals surface area contributed by atoms with Crippen LogP contribution in [0, 0.1) is 5.92 Å². The molecule has 0 unspecified atom stereocenters. The first kappa shape index (κ1) is 21.7. The topological polar surface area (TPSA) is 26.8 Å². The van der Waals surface area contributed by atoms with E-state index in [1.54, 1.807) is 0 Å². The highest BCUT2D eigenvalue weighted by Crippen LogP contribution is 2.22. The van der Waals surface area contributed by atoms with Crippen molar-refractivity contribution in [2.75, 3.05) is 57.8 Å². The summed E-state index contributed by atoms with van der Waals surface area (Å²) in [7, 11) is 0. The van der Waals surface area contributed by atoms with E-state index in [9.17, 15) is 4.79 Å². The summed E-state index contributed by atoms with van der Waals surface area (Å²) in [4.78, 5) is 19.9. The number of carbonyl (C=O) groups is 1. The zero-order valence-electron chi connectivity index (χ0n) is 17.5. The van der Waals surface area contributed by atoms with Gasteiger partial charge >= 0.3 is 0 Å². The lowest BCUT2D eigenvalue weighted by molar-refractivity contribution is -0.133. The summed E-state index contributed by atoms with van der Waals surface area (Å²) >= 11 is 1.94. The number of benzene rings is 1. The Morgan fingerprint density at radius 1 is 1.07 bits per heavy atom. The smallest absolute Gasteiger partial charge is 0.222 e. The molecule has 5 heteroatoms. The van der Waals surface area contributed by atoms with Crippen molar-refractivity contribution in [1.29, 1.82) is 0 Å². The molecule has 28 heavy (non-hydrogen) atoms. The van der Waals surface area contributed by atoms with Crippen LogP contribution >= 0.6 is 11.8 Å². The number of amides is 1. The van der Waals surface area contributed by atoms with E-state index >= 15 is 0 Å². The van der Waals surface area contributed by atoms with Crippen molar-refractivity contribution in [2.45, 2.75) is 38.6 Å². The van der Waals surface area contributed by atoms with Crippen LogP contribution in [0.3, 0.4) is 0 Å². The Bertz CT molecular complexity index is 574. The van der Waals surface area contributed by atoms with Gasteiger partial charge in [0.1, 0.15) is 0 Å². The van der Waals surface area contributed by atoms with E-state index in [1.807, 2.05) is 11.8 Å². The predicted molar refractivity (Wildman–Crippen MR) is 120 cm³/mol. The molecular formula is C23H37N3OS. The minimum Gasteiger partial charge on any atom is -0.340 e. The summed E-state index contributed by atoms with van der Waals surface area (Å²) in [6.45, 7) is 8.44. The van der Waals surface area contributed by atoms with Gasteiger partial charge in [0.2, 0.25) is 5.91 Å². The highest BCUT2D eigenvalue weighted by molar-refractivity contribution is 7.98. The molecule has 0 bridgehead atoms. The Hall–Kier alpha value is -1.04. The number of hydrogen-bond donors (Lipinski definition) is 0. The summed E-state index contributed by atoms with van der Waals surface area (Å²) in [5.74, 6) is 2.35. The number of hydrogen-bond acceptors (Lipinski definition) is 4. The van der Waals surface area contributed by atoms with E-state index in [0.717, 1.165) is 45.6 Å². The molecule has 1 aromatic rings. The van der Waals surface area contributed by atoms with Gasteiger partial charge in [0, 0.05) is 45.7 Å². The second-order valence-electron chi connectivity index (χ2n) is 8.34. The van der Waals surface area contributed by atoms with Crippen molar-refractivity contribution in [2.24, 2.45) is 5.92 Å². The lowest BCUT2D eigenvalue weighted by Gasteiger charge is -2.36. The van der Waals surface area contributed by atoms with Gasteiger partial charge in [-0.25, -0.2) is 0 Å². The molecule has 1 amide bonds. The summed E-state index contributed by atoms with van der Waals surface area (Å²) in [6.07, 6.45) is 7.89. The van der Waals surface area contributed by atoms with Crippen LogP contribution in [0.1, 0.15) is 37.7 Å². The van der Waals surface area contributed by atoms with Crippen LogP contribution in [-0.2, 0) is 11.3 Å². The fourth-order valence-corrected chi connectivity index (χ4v) is 4.92. The maximum Gasteiger partial charge on any atom is 0.222 e. The number of nitrogens with zero attached hydrogens (tertiary/aromatic N) is 3. The largest absolute Gasteiger partial charge is 0.340 e. The zero-order chi connectivity index (χ0) is 19.6. The van der Waals surface area contributed by atoms with Crippen LogP contribution in [0.4, 0.5) is 0 Å². The number of thioether (sulfide) groups is 1. The number of carbonyl (C=O) groups excluding carboxylic acids is 1. The maximum atomic E-state index is 12.7. The van der Waals surface area contributed by atoms with Crippen molar-refractivity contribution >= 4 is 17.7 Å². The van der Waals surface area contributed by atoms with E-state index in [0.29, 0.717) is 11.8 Å². The van der Waals surface area contributed by atoms with E-state index in [-0.39, 0.29) is 0 Å². The Labute approximate surface area is 175 Å². The molecule has 1 aromatic carbocycles. The van der Waals surface area contributed by atoms with Crippen molar-refractivity contribution in [3.05, 3.63) is 35.9 Å². The van der Waals surface area contributed by atoms with Crippen LogP contribution in [0.2, 0.25) is 0 Å². The second kappa shape index (κ2) is 11.8. The van der Waals surface area contributed by atoms with Gasteiger partial charge < -0.3 is 9.80 Å². The molecule has 2 aliphatic heterocycles. The van der Waals surface area contributed by atoms with Crippen molar-refractivity contribution in [3.8, 4) is 0 Å². The molecule has 1 atom stereocenters. The van der Waals surface area contributed by atoms with E-state index in [4.69, 9.17) is 0 Å². The molecule has 156 valence electrons. The third-order valence-electron chi connectivity index (χ3n) is 6.17. The van der Waals surface area contributed by atoms with E-state index < -0.39 is 0 Å². The lowest BCUT2D eigenvalue weighted by atomic mass is 9.93. The first-order valence-electron chi connectivity index (χ1n) is 11.0. The number of likely N-dealkylation sites (tertiary alicyclic amines) is 1. The normalized spacial score (nSPS) is 21.8. The quantitative estimate of drug-likeness (QED) is 0.589. The van der Waals surface area contributed by atoms with Crippen LogP contribution in [0.25, 0.3) is 0 Å². The van der Waals surface area contributed by atoms with Crippen LogP contribution in [0.5, 0.6) is 0 Å². The standard InChI is InChI=1S/C23H37N3OS/c1-28-18-6-13-24-12-5-9-22(20-24)10-11-23(27)26-16-14-25(15-17-26)19-21-7-3-2-4-8-21/h2-4,7-8,22H,5-6,9-20H2,1H3/t22-/m1/s1. The van der Waals surface area contributed by atoms with Gasteiger partial charge in [-0.05, 0) is 62.3 Å². The highest BCUT2D eigenvalue weighted by atomic mass is 32.2. The minimum absolute atomic E-state index is 0.374. The van der Waals surface area contributed by atoms with Gasteiger partial charge in [-0.2, -0.15) is 11.8 Å². The third-order valence-corrected chi connectivity index (χ3v) is 6.86. The number of piperazine rings is 1. The molecular weight excluding hydrogens is 366 g/mol. The van der Waals surface area contributed by atoms with Gasteiger partial charge in [-0.15, -0.1) is 0 Å². The number of piperidine rings is 1. The molecule has 0 spiro atoms. The maximum absolute atomic E-state index is 12.7. The first-order valence-corrected chi connectivity index (χ1v) is 12.4. The molecule has 0 saturated carbocycles. The minimum atomic E-state index is 0.374. The zero-order valence-corrected chi connectivity index (χ0v) is 18.3. The summed E-state index contributed by atoms with van der Waals surface area (Å²) in [5, 5.41) is 0. The molecule has 3 rings (SSSR count). The third kappa shape index (κ3) is 7.09. The molecule has 0 N–H and O–H groups in total. The predicted octanol–water partition coefficient (Wildman–Crippen LogP) is 3.58. The van der Waals surface area contributed by atoms with E-state index in [2.05, 4.69) is 51.3 Å². The second-order valence-corrected chi connectivity index (χ2v) is 9.32. The summed E-state index contributed by atoms with van der Waals surface area (Å²) < 4.78 is 0. The highest BCUT2D eigenvalue weighted by Gasteiger charge is 2.24. The molecule has 4 nitrogen and oxygen atoms in total. The summed E-state index contributed by atoms with van der Waals surface area (Å²) in [6, 6.07) is 10.6. The van der Waals surface area contributed by atoms with Gasteiger partial charge in [0.05, 0.1) is 0 Å². The average molecular weight is 404 g/mol. The fourth-order valence-electron chi connectivity index (χ4n) is 4.51. The van der Waals surface area contributed by atoms with Crippen molar-refractivity contribution < 1.29 is 4.79 Å². The molecule has 2 aliphatic rings. The number of rotatable bonds is 9. The van der Waals surface area contributed by atoms with Gasteiger partial charge in [0.15, 0.2) is 0 Å². The van der Waals surface area contributed by atoms with Crippen LogP contribution in [-0.4, -0.2) is 78.4 Å². The fraction of sp³-hybridized carbons (Fsp3) is 0.696. The van der Waals surface area contributed by atoms with Crippen molar-refractivity contribution in [3.63, 3.8) is 0 Å². The summed E-state index contributed by atoms with van der Waals surface area (Å²) in [5.41, 5.74) is 1.36. The Morgan fingerprint density at radius 3 is 2.61 bits per heavy atom. The molecule has 0 aromatic heterocycles. The van der Waals surface area contributed by atoms with E-state index in [1.165, 1.54) is 50.2 Å². The molecule has 0 aliphatic carbocycles. The lowest BCUT2D eigenvalue weighted by Crippen LogP contribution is -2.48. The Kier molecular flexibility index (Phi) is 9.16. The molecule has 2 saturated heterocycles. The first-order chi connectivity index (χ1) is 13.7. The Morgan fingerprint density at radius 2 is 1.86 bits per heavy atom. The SMILES string of the molecule is CSCCCN1CCC[C@H](CCC(=O)N2CCN(Cc3ccccc3)CC2)C1. The Balaban J connectivity index is 1.33. The average Bonchev–Trinajstić information content (AvgIpc) is 2.74.